The van der Waals surface area contributed by atoms with Gasteiger partial charge in [-0.25, -0.2) is 4.79 Å². The number of nitrogens with one attached hydrogen (secondary N) is 5. The summed E-state index contributed by atoms with van der Waals surface area (Å²) in [5.41, 5.74) is 2.44. The number of H-pyrrole nitrogens is 2. The van der Waals surface area contributed by atoms with Gasteiger partial charge in [0.05, 0.1) is 34.6 Å². The predicted molar refractivity (Wildman–Crippen MR) is 123 cm³/mol. The number of nitrogens with zero attached hydrogens (tertiary/aromatic N) is 2. The lowest BCUT2D eigenvalue weighted by molar-refractivity contribution is -0.117. The van der Waals surface area contributed by atoms with Gasteiger partial charge in [-0.1, -0.05) is 17.3 Å². The summed E-state index contributed by atoms with van der Waals surface area (Å²) in [4.78, 5) is 42.5. The number of hydrogen-bond acceptors (Lipinski definition) is 7. The summed E-state index contributed by atoms with van der Waals surface area (Å²) in [6.07, 6.45) is 1.73. The maximum Gasteiger partial charge on any atom is 0.439 e. The molecule has 0 unspecified atom stereocenters. The van der Waals surface area contributed by atoms with Crippen molar-refractivity contribution < 1.29 is 14.1 Å². The third kappa shape index (κ3) is 4.05. The van der Waals surface area contributed by atoms with Crippen molar-refractivity contribution >= 4 is 34.1 Å². The standard InChI is InChI=1S/C23H19N7O4/c24-11-12-6-7-15(14(9-12)20-29-23(33)34-30-20)27-22(32)18-10-13-3-1-4-16(19(13)26-18)28-21(31)17-5-2-8-25-17/h1,3-4,6-7,9-10,17,25-26H,2,5,8H2,(H,27,32)(H,28,31)(H,29,30,33)/t17-/m0/s1. The number of carbonyl (C=O) groups is 2. The second-order valence-corrected chi connectivity index (χ2v) is 7.86. The summed E-state index contributed by atoms with van der Waals surface area (Å²) < 4.78 is 4.56. The molecule has 3 heterocycles. The average Bonchev–Trinajstić information content (AvgIpc) is 3.60. The Hall–Kier alpha value is -4.69. The maximum atomic E-state index is 13.0. The number of carbonyl (C=O) groups excluding carboxylic acids is 2. The van der Waals surface area contributed by atoms with Crippen molar-refractivity contribution in [3.8, 4) is 17.5 Å². The van der Waals surface area contributed by atoms with E-state index in [9.17, 15) is 19.6 Å². The Labute approximate surface area is 192 Å². The molecule has 1 fully saturated rings. The molecule has 1 aliphatic rings. The minimum Gasteiger partial charge on any atom is -0.349 e. The molecule has 2 aromatic carbocycles. The van der Waals surface area contributed by atoms with Gasteiger partial charge in [0.15, 0.2) is 5.82 Å². The highest BCUT2D eigenvalue weighted by molar-refractivity contribution is 6.10. The van der Waals surface area contributed by atoms with Crippen LogP contribution in [-0.4, -0.2) is 39.5 Å². The molecule has 0 radical (unpaired) electrons. The predicted octanol–water partition coefficient (Wildman–Crippen LogP) is 2.33. The number of aromatic amines is 2. The van der Waals surface area contributed by atoms with Crippen molar-refractivity contribution in [3.63, 3.8) is 0 Å². The van der Waals surface area contributed by atoms with E-state index in [4.69, 9.17) is 0 Å². The van der Waals surface area contributed by atoms with E-state index in [0.29, 0.717) is 28.0 Å². The molecule has 1 atom stereocenters. The molecule has 5 N–H and O–H groups in total. The fraction of sp³-hybridized carbons (Fsp3) is 0.174. The number of aromatic nitrogens is 3. The maximum absolute atomic E-state index is 13.0. The van der Waals surface area contributed by atoms with E-state index in [1.54, 1.807) is 24.3 Å². The molecule has 34 heavy (non-hydrogen) atoms. The van der Waals surface area contributed by atoms with Crippen molar-refractivity contribution in [1.29, 1.82) is 5.26 Å². The summed E-state index contributed by atoms with van der Waals surface area (Å²) in [5, 5.41) is 22.5. The molecule has 2 amide bonds. The first-order valence-corrected chi connectivity index (χ1v) is 10.6. The van der Waals surface area contributed by atoms with Crippen molar-refractivity contribution in [1.82, 2.24) is 20.4 Å². The minimum absolute atomic E-state index is 0.0829. The van der Waals surface area contributed by atoms with Crippen LogP contribution in [-0.2, 0) is 4.79 Å². The molecule has 0 aliphatic carbocycles. The van der Waals surface area contributed by atoms with Crippen LogP contribution in [0.25, 0.3) is 22.3 Å². The molecule has 0 spiro atoms. The number of amides is 2. The third-order valence-corrected chi connectivity index (χ3v) is 5.63. The first-order chi connectivity index (χ1) is 16.5. The monoisotopic (exact) mass is 457 g/mol. The number of nitriles is 1. The van der Waals surface area contributed by atoms with E-state index in [0.717, 1.165) is 24.8 Å². The van der Waals surface area contributed by atoms with Crippen LogP contribution in [0.5, 0.6) is 0 Å². The zero-order chi connectivity index (χ0) is 23.7. The summed E-state index contributed by atoms with van der Waals surface area (Å²) in [5.74, 6) is -1.25. The molecular weight excluding hydrogens is 438 g/mol. The van der Waals surface area contributed by atoms with E-state index in [-0.39, 0.29) is 23.5 Å². The first-order valence-electron chi connectivity index (χ1n) is 10.6. The zero-order valence-corrected chi connectivity index (χ0v) is 17.8. The lowest BCUT2D eigenvalue weighted by Crippen LogP contribution is -2.35. The minimum atomic E-state index is -0.757. The van der Waals surface area contributed by atoms with Gasteiger partial charge >= 0.3 is 5.76 Å². The quantitative estimate of drug-likeness (QED) is 0.306. The van der Waals surface area contributed by atoms with Crippen LogP contribution >= 0.6 is 0 Å². The Bertz CT molecular complexity index is 1500. The van der Waals surface area contributed by atoms with Gasteiger partial charge in [0.2, 0.25) is 5.91 Å². The Morgan fingerprint density at radius 3 is 2.74 bits per heavy atom. The number of para-hydroxylation sites is 1. The first kappa shape index (κ1) is 21.2. The highest BCUT2D eigenvalue weighted by atomic mass is 16.5. The molecule has 4 aromatic rings. The van der Waals surface area contributed by atoms with Gasteiger partial charge in [0.1, 0.15) is 5.69 Å². The fourth-order valence-corrected chi connectivity index (χ4v) is 3.97. The molecule has 0 saturated carbocycles. The highest BCUT2D eigenvalue weighted by Crippen LogP contribution is 2.28. The Balaban J connectivity index is 1.43. The molecule has 1 aliphatic heterocycles. The van der Waals surface area contributed by atoms with Gasteiger partial charge in [-0.15, -0.1) is 0 Å². The molecule has 0 bridgehead atoms. The van der Waals surface area contributed by atoms with Crippen LogP contribution in [0.3, 0.4) is 0 Å². The van der Waals surface area contributed by atoms with Crippen LogP contribution in [0.2, 0.25) is 0 Å². The average molecular weight is 457 g/mol. The lowest BCUT2D eigenvalue weighted by atomic mass is 10.1. The summed E-state index contributed by atoms with van der Waals surface area (Å²) in [7, 11) is 0. The molecule has 11 nitrogen and oxygen atoms in total. The van der Waals surface area contributed by atoms with E-state index >= 15 is 0 Å². The topological polar surface area (TPSA) is 169 Å². The number of benzene rings is 2. The number of fused-ring (bicyclic) bond motifs is 1. The normalized spacial score (nSPS) is 15.2. The molecular formula is C23H19N7O4. The Morgan fingerprint density at radius 2 is 2.00 bits per heavy atom. The Kier molecular flexibility index (Phi) is 5.41. The molecule has 1 saturated heterocycles. The van der Waals surface area contributed by atoms with E-state index < -0.39 is 11.7 Å². The molecule has 170 valence electrons. The number of anilines is 2. The van der Waals surface area contributed by atoms with Crippen LogP contribution in [0, 0.1) is 11.3 Å². The van der Waals surface area contributed by atoms with E-state index in [1.807, 2.05) is 12.1 Å². The molecule has 11 heteroatoms. The lowest BCUT2D eigenvalue weighted by Gasteiger charge is -2.11. The van der Waals surface area contributed by atoms with Crippen LogP contribution < -0.4 is 21.7 Å². The Morgan fingerprint density at radius 1 is 1.12 bits per heavy atom. The van der Waals surface area contributed by atoms with Crippen molar-refractivity contribution in [3.05, 3.63) is 64.3 Å². The van der Waals surface area contributed by atoms with Crippen molar-refractivity contribution in [2.75, 3.05) is 17.2 Å². The van der Waals surface area contributed by atoms with Gasteiger partial charge in [0.25, 0.3) is 5.91 Å². The second-order valence-electron chi connectivity index (χ2n) is 7.86. The van der Waals surface area contributed by atoms with Crippen LogP contribution in [0.15, 0.2) is 51.8 Å². The zero-order valence-electron chi connectivity index (χ0n) is 17.8. The van der Waals surface area contributed by atoms with Gasteiger partial charge in [-0.2, -0.15) is 5.26 Å². The molecule has 5 rings (SSSR count). The smallest absolute Gasteiger partial charge is 0.349 e. The van der Waals surface area contributed by atoms with Gasteiger partial charge in [-0.3, -0.25) is 19.1 Å². The van der Waals surface area contributed by atoms with Crippen molar-refractivity contribution in [2.45, 2.75) is 18.9 Å². The summed E-state index contributed by atoms with van der Waals surface area (Å²) in [6, 6.07) is 13.4. The van der Waals surface area contributed by atoms with Crippen molar-refractivity contribution in [2.24, 2.45) is 0 Å². The SMILES string of the molecule is N#Cc1ccc(NC(=O)c2cc3cccc(NC(=O)[C@@H]4CCCN4)c3[nH]2)c(-c2noc(=O)[nH]2)c1. The largest absolute Gasteiger partial charge is 0.439 e. The fourth-order valence-electron chi connectivity index (χ4n) is 3.97. The molecule has 2 aromatic heterocycles. The number of rotatable bonds is 5. The van der Waals surface area contributed by atoms with Gasteiger partial charge < -0.3 is 20.9 Å². The number of hydrogen-bond donors (Lipinski definition) is 5. The van der Waals surface area contributed by atoms with Gasteiger partial charge in [-0.05, 0) is 49.7 Å². The highest BCUT2D eigenvalue weighted by Gasteiger charge is 2.23. The third-order valence-electron chi connectivity index (χ3n) is 5.63. The second kappa shape index (κ2) is 8.68. The van der Waals surface area contributed by atoms with E-state index in [2.05, 4.69) is 35.6 Å². The van der Waals surface area contributed by atoms with Gasteiger partial charge in [0, 0.05) is 10.9 Å². The van der Waals surface area contributed by atoms with E-state index in [1.165, 1.54) is 12.1 Å². The summed E-state index contributed by atoms with van der Waals surface area (Å²) in [6.45, 7) is 0.814. The van der Waals surface area contributed by atoms with Crippen LogP contribution in [0.4, 0.5) is 11.4 Å². The van der Waals surface area contributed by atoms with Crippen LogP contribution in [0.1, 0.15) is 28.9 Å². The summed E-state index contributed by atoms with van der Waals surface area (Å²) >= 11 is 0.